The van der Waals surface area contributed by atoms with E-state index in [2.05, 4.69) is 5.32 Å². The summed E-state index contributed by atoms with van der Waals surface area (Å²) >= 11 is 5.82. The molecule has 1 N–H and O–H groups in total. The van der Waals surface area contributed by atoms with Crippen molar-refractivity contribution in [3.8, 4) is 0 Å². The number of rotatable bonds is 4. The zero-order valence-corrected chi connectivity index (χ0v) is 11.6. The number of benzene rings is 1. The first-order chi connectivity index (χ1) is 8.96. The third-order valence-electron chi connectivity index (χ3n) is 3.24. The zero-order valence-electron chi connectivity index (χ0n) is 10.9. The molecule has 1 aromatic carbocycles. The maximum atomic E-state index is 14.6. The third kappa shape index (κ3) is 4.41. The molecule has 0 spiro atoms. The van der Waals surface area contributed by atoms with Crippen LogP contribution in [0, 0.1) is 5.82 Å². The fourth-order valence-electron chi connectivity index (χ4n) is 2.41. The zero-order chi connectivity index (χ0) is 13.9. The SMILES string of the molecule is CC(F)(Cc1cc(Cl)ccc1F)CC1COCCN1. The van der Waals surface area contributed by atoms with Gasteiger partial charge < -0.3 is 10.1 Å². The predicted molar refractivity (Wildman–Crippen MR) is 71.9 cm³/mol. The minimum Gasteiger partial charge on any atom is -0.379 e. The van der Waals surface area contributed by atoms with E-state index in [4.69, 9.17) is 16.3 Å². The first-order valence-electron chi connectivity index (χ1n) is 6.40. The van der Waals surface area contributed by atoms with Gasteiger partial charge in [-0.25, -0.2) is 8.78 Å². The van der Waals surface area contributed by atoms with Crippen LogP contribution in [0.2, 0.25) is 5.02 Å². The van der Waals surface area contributed by atoms with E-state index in [1.165, 1.54) is 25.1 Å². The molecule has 5 heteroatoms. The summed E-state index contributed by atoms with van der Waals surface area (Å²) in [4.78, 5) is 0. The van der Waals surface area contributed by atoms with E-state index in [1.807, 2.05) is 0 Å². The summed E-state index contributed by atoms with van der Waals surface area (Å²) in [6.45, 7) is 3.37. The Morgan fingerprint density at radius 2 is 2.32 bits per heavy atom. The summed E-state index contributed by atoms with van der Waals surface area (Å²) in [5.41, 5.74) is -1.18. The van der Waals surface area contributed by atoms with Crippen LogP contribution >= 0.6 is 11.6 Å². The van der Waals surface area contributed by atoms with Crippen LogP contribution in [-0.4, -0.2) is 31.5 Å². The molecule has 0 bridgehead atoms. The van der Waals surface area contributed by atoms with Crippen molar-refractivity contribution in [1.82, 2.24) is 5.32 Å². The molecule has 2 nitrogen and oxygen atoms in total. The van der Waals surface area contributed by atoms with Gasteiger partial charge in [0.1, 0.15) is 11.5 Å². The second-order valence-electron chi connectivity index (χ2n) is 5.26. The van der Waals surface area contributed by atoms with Crippen LogP contribution in [0.1, 0.15) is 18.9 Å². The van der Waals surface area contributed by atoms with Gasteiger partial charge in [-0.05, 0) is 37.1 Å². The Balaban J connectivity index is 2.00. The normalized spacial score (nSPS) is 23.1. The van der Waals surface area contributed by atoms with Crippen molar-refractivity contribution >= 4 is 11.6 Å². The van der Waals surface area contributed by atoms with Crippen molar-refractivity contribution in [3.05, 3.63) is 34.6 Å². The smallest absolute Gasteiger partial charge is 0.126 e. The molecule has 1 saturated heterocycles. The largest absolute Gasteiger partial charge is 0.379 e. The third-order valence-corrected chi connectivity index (χ3v) is 3.47. The highest BCUT2D eigenvalue weighted by atomic mass is 35.5. The monoisotopic (exact) mass is 289 g/mol. The second kappa shape index (κ2) is 6.16. The molecule has 1 fully saturated rings. The highest BCUT2D eigenvalue weighted by Gasteiger charge is 2.30. The van der Waals surface area contributed by atoms with E-state index in [0.29, 0.717) is 30.2 Å². The number of halogens is 3. The van der Waals surface area contributed by atoms with Gasteiger partial charge in [0.2, 0.25) is 0 Å². The average molecular weight is 290 g/mol. The first-order valence-corrected chi connectivity index (χ1v) is 6.78. The summed E-state index contributed by atoms with van der Waals surface area (Å²) in [5, 5.41) is 3.62. The van der Waals surface area contributed by atoms with Crippen molar-refractivity contribution < 1.29 is 13.5 Å². The summed E-state index contributed by atoms with van der Waals surface area (Å²) in [6, 6.07) is 4.20. The van der Waals surface area contributed by atoms with Crippen LogP contribution in [0.4, 0.5) is 8.78 Å². The standard InChI is InChI=1S/C14H18ClF2NO/c1-14(17,8-12-9-19-5-4-18-12)7-10-6-11(15)2-3-13(10)16/h2-3,6,12,18H,4-5,7-9H2,1H3. The molecule has 1 aliphatic heterocycles. The number of alkyl halides is 1. The van der Waals surface area contributed by atoms with Crippen LogP contribution in [0.3, 0.4) is 0 Å². The number of morpholine rings is 1. The average Bonchev–Trinajstić information content (AvgIpc) is 2.34. The molecule has 106 valence electrons. The summed E-state index contributed by atoms with van der Waals surface area (Å²) in [5.74, 6) is -0.416. The molecular formula is C14H18ClF2NO. The molecule has 1 heterocycles. The second-order valence-corrected chi connectivity index (χ2v) is 5.69. The molecule has 1 aliphatic rings. The summed E-state index contributed by atoms with van der Waals surface area (Å²) in [7, 11) is 0. The Labute approximate surface area is 117 Å². The van der Waals surface area contributed by atoms with Gasteiger partial charge in [0.25, 0.3) is 0 Å². The lowest BCUT2D eigenvalue weighted by atomic mass is 9.91. The molecule has 2 unspecified atom stereocenters. The summed E-state index contributed by atoms with van der Waals surface area (Å²) in [6.07, 6.45) is 0.302. The Morgan fingerprint density at radius 1 is 1.53 bits per heavy atom. The van der Waals surface area contributed by atoms with Crippen LogP contribution in [0.25, 0.3) is 0 Å². The Hall–Kier alpha value is -0.710. The van der Waals surface area contributed by atoms with E-state index in [0.717, 1.165) is 6.54 Å². The molecule has 0 amide bonds. The molecule has 1 aromatic rings. The van der Waals surface area contributed by atoms with Gasteiger partial charge in [-0.2, -0.15) is 0 Å². The van der Waals surface area contributed by atoms with E-state index >= 15 is 0 Å². The number of nitrogens with one attached hydrogen (secondary N) is 1. The van der Waals surface area contributed by atoms with Gasteiger partial charge in [0, 0.05) is 24.0 Å². The van der Waals surface area contributed by atoms with Crippen LogP contribution < -0.4 is 5.32 Å². The van der Waals surface area contributed by atoms with Gasteiger partial charge in [-0.1, -0.05) is 11.6 Å². The maximum Gasteiger partial charge on any atom is 0.126 e. The topological polar surface area (TPSA) is 21.3 Å². The lowest BCUT2D eigenvalue weighted by molar-refractivity contribution is 0.0481. The highest BCUT2D eigenvalue weighted by Crippen LogP contribution is 2.26. The maximum absolute atomic E-state index is 14.6. The van der Waals surface area contributed by atoms with Crippen LogP contribution in [0.15, 0.2) is 18.2 Å². The Morgan fingerprint density at radius 3 is 3.00 bits per heavy atom. The van der Waals surface area contributed by atoms with Crippen LogP contribution in [0.5, 0.6) is 0 Å². The molecule has 2 atom stereocenters. The molecule has 0 aromatic heterocycles. The molecular weight excluding hydrogens is 272 g/mol. The van der Waals surface area contributed by atoms with Gasteiger partial charge >= 0.3 is 0 Å². The van der Waals surface area contributed by atoms with Gasteiger partial charge in [0.05, 0.1) is 13.2 Å². The fraction of sp³-hybridized carbons (Fsp3) is 0.571. The minimum absolute atomic E-state index is 0.0115. The van der Waals surface area contributed by atoms with Gasteiger partial charge in [0.15, 0.2) is 0 Å². The molecule has 0 saturated carbocycles. The van der Waals surface area contributed by atoms with Crippen molar-refractivity contribution in [2.24, 2.45) is 0 Å². The van der Waals surface area contributed by atoms with E-state index < -0.39 is 11.5 Å². The Kier molecular flexibility index (Phi) is 4.76. The lowest BCUT2D eigenvalue weighted by Gasteiger charge is -2.30. The Bertz CT molecular complexity index is 433. The molecule has 0 radical (unpaired) electrons. The first kappa shape index (κ1) is 14.7. The van der Waals surface area contributed by atoms with E-state index in [9.17, 15) is 8.78 Å². The quantitative estimate of drug-likeness (QED) is 0.919. The summed E-state index contributed by atoms with van der Waals surface area (Å²) < 4.78 is 33.5. The molecule has 19 heavy (non-hydrogen) atoms. The number of ether oxygens (including phenoxy) is 1. The van der Waals surface area contributed by atoms with Crippen molar-refractivity contribution in [2.45, 2.75) is 31.5 Å². The van der Waals surface area contributed by atoms with Gasteiger partial charge in [-0.15, -0.1) is 0 Å². The van der Waals surface area contributed by atoms with Crippen molar-refractivity contribution in [1.29, 1.82) is 0 Å². The van der Waals surface area contributed by atoms with Crippen molar-refractivity contribution in [2.75, 3.05) is 19.8 Å². The predicted octanol–water partition coefficient (Wildman–Crippen LogP) is 3.13. The minimum atomic E-state index is -1.50. The molecule has 2 rings (SSSR count). The number of hydrogen-bond acceptors (Lipinski definition) is 2. The van der Waals surface area contributed by atoms with E-state index in [1.54, 1.807) is 0 Å². The fourth-order valence-corrected chi connectivity index (χ4v) is 2.61. The highest BCUT2D eigenvalue weighted by molar-refractivity contribution is 6.30. The lowest BCUT2D eigenvalue weighted by Crippen LogP contribution is -2.45. The molecule has 0 aliphatic carbocycles. The van der Waals surface area contributed by atoms with Crippen LogP contribution in [-0.2, 0) is 11.2 Å². The van der Waals surface area contributed by atoms with E-state index in [-0.39, 0.29) is 12.5 Å². The number of hydrogen-bond donors (Lipinski definition) is 1. The van der Waals surface area contributed by atoms with Gasteiger partial charge in [-0.3, -0.25) is 0 Å². The van der Waals surface area contributed by atoms with Crippen molar-refractivity contribution in [3.63, 3.8) is 0 Å².